The number of carbonyl (C=O) groups is 2. The minimum Gasteiger partial charge on any atom is -0.462 e. The second-order valence-electron chi connectivity index (χ2n) is 16.3. The van der Waals surface area contributed by atoms with Gasteiger partial charge < -0.3 is 64.2 Å². The van der Waals surface area contributed by atoms with Crippen LogP contribution in [0.4, 0.5) is 0 Å². The molecular formula is C48H80O15. The van der Waals surface area contributed by atoms with Crippen LogP contribution in [0.2, 0.25) is 0 Å². The molecule has 0 aromatic carbocycles. The van der Waals surface area contributed by atoms with Gasteiger partial charge in [-0.1, -0.05) is 126 Å². The zero-order chi connectivity index (χ0) is 46.1. The van der Waals surface area contributed by atoms with Crippen LogP contribution < -0.4 is 0 Å². The van der Waals surface area contributed by atoms with Gasteiger partial charge >= 0.3 is 11.9 Å². The molecule has 0 spiro atoms. The highest BCUT2D eigenvalue weighted by molar-refractivity contribution is 5.70. The summed E-state index contributed by atoms with van der Waals surface area (Å²) in [6.45, 7) is 2.36. The van der Waals surface area contributed by atoms with Crippen molar-refractivity contribution < 1.29 is 73.8 Å². The highest BCUT2D eigenvalue weighted by Crippen LogP contribution is 2.26. The summed E-state index contributed by atoms with van der Waals surface area (Å²) < 4.78 is 33.4. The van der Waals surface area contributed by atoms with Gasteiger partial charge in [0.25, 0.3) is 0 Å². The summed E-state index contributed by atoms with van der Waals surface area (Å²) in [7, 11) is 0. The first-order valence-electron chi connectivity index (χ1n) is 23.4. The largest absolute Gasteiger partial charge is 0.462 e. The predicted molar refractivity (Wildman–Crippen MR) is 238 cm³/mol. The molecule has 7 N–H and O–H groups in total. The average molecular weight is 897 g/mol. The van der Waals surface area contributed by atoms with Crippen molar-refractivity contribution in [1.82, 2.24) is 0 Å². The van der Waals surface area contributed by atoms with Gasteiger partial charge in [0.15, 0.2) is 18.7 Å². The Hall–Kier alpha value is -2.80. The molecule has 0 aromatic heterocycles. The van der Waals surface area contributed by atoms with E-state index < -0.39 is 99.3 Å². The molecule has 63 heavy (non-hydrogen) atoms. The molecule has 2 aliphatic heterocycles. The van der Waals surface area contributed by atoms with Crippen molar-refractivity contribution in [2.24, 2.45) is 0 Å². The van der Waals surface area contributed by atoms with Crippen LogP contribution in [0.25, 0.3) is 0 Å². The Bertz CT molecular complexity index is 1330. The van der Waals surface area contributed by atoms with E-state index in [1.54, 1.807) is 0 Å². The van der Waals surface area contributed by atoms with Crippen LogP contribution in [0.3, 0.4) is 0 Å². The first kappa shape index (κ1) is 56.3. The lowest BCUT2D eigenvalue weighted by Crippen LogP contribution is -2.61. The zero-order valence-electron chi connectivity index (χ0n) is 37.8. The van der Waals surface area contributed by atoms with E-state index in [-0.39, 0.29) is 19.4 Å². The highest BCUT2D eigenvalue weighted by Gasteiger charge is 2.47. The Morgan fingerprint density at radius 3 is 1.62 bits per heavy atom. The Balaban J connectivity index is 1.87. The van der Waals surface area contributed by atoms with Crippen LogP contribution in [-0.2, 0) is 38.0 Å². The molecule has 2 saturated heterocycles. The monoisotopic (exact) mass is 897 g/mol. The van der Waals surface area contributed by atoms with Crippen molar-refractivity contribution in [3.05, 3.63) is 60.8 Å². The molecule has 2 heterocycles. The summed E-state index contributed by atoms with van der Waals surface area (Å²) in [5.74, 6) is -0.970. The molecule has 2 fully saturated rings. The fourth-order valence-electron chi connectivity index (χ4n) is 6.93. The maximum atomic E-state index is 12.9. The Kier molecular flexibility index (Phi) is 31.7. The molecular weight excluding hydrogens is 817 g/mol. The molecule has 0 radical (unpaired) electrons. The number of unbranched alkanes of at least 4 members (excludes halogenated alkanes) is 13. The zero-order valence-corrected chi connectivity index (χ0v) is 37.8. The number of hydrogen-bond donors (Lipinski definition) is 7. The summed E-state index contributed by atoms with van der Waals surface area (Å²) in [5.41, 5.74) is 0. The minimum atomic E-state index is -1.77. The van der Waals surface area contributed by atoms with E-state index in [9.17, 15) is 45.3 Å². The van der Waals surface area contributed by atoms with Gasteiger partial charge in [-0.25, -0.2) is 0 Å². The van der Waals surface area contributed by atoms with E-state index in [1.807, 2.05) is 36.5 Å². The molecule has 11 atom stereocenters. The molecule has 0 aliphatic carbocycles. The van der Waals surface area contributed by atoms with Crippen LogP contribution >= 0.6 is 0 Å². The molecule has 0 amide bonds. The summed E-state index contributed by atoms with van der Waals surface area (Å²) >= 11 is 0. The Morgan fingerprint density at radius 2 is 1.02 bits per heavy atom. The summed E-state index contributed by atoms with van der Waals surface area (Å²) in [4.78, 5) is 25.6. The molecule has 15 heteroatoms. The van der Waals surface area contributed by atoms with Crippen LogP contribution in [0.5, 0.6) is 0 Å². The van der Waals surface area contributed by atoms with Gasteiger partial charge in [0, 0.05) is 12.8 Å². The molecule has 2 rings (SSSR count). The Labute approximate surface area is 375 Å². The molecule has 362 valence electrons. The number of hydrogen-bond acceptors (Lipinski definition) is 15. The van der Waals surface area contributed by atoms with Gasteiger partial charge in [0.1, 0.15) is 55.4 Å². The van der Waals surface area contributed by atoms with E-state index in [0.29, 0.717) is 12.8 Å². The molecule has 15 nitrogen and oxygen atoms in total. The lowest BCUT2D eigenvalue weighted by atomic mass is 9.98. The van der Waals surface area contributed by atoms with E-state index in [1.165, 1.54) is 19.3 Å². The first-order valence-corrected chi connectivity index (χ1v) is 23.4. The van der Waals surface area contributed by atoms with Crippen molar-refractivity contribution in [2.75, 3.05) is 26.4 Å². The Morgan fingerprint density at radius 1 is 0.524 bits per heavy atom. The van der Waals surface area contributed by atoms with Crippen molar-refractivity contribution >= 4 is 11.9 Å². The van der Waals surface area contributed by atoms with Gasteiger partial charge in [0.05, 0.1) is 19.8 Å². The van der Waals surface area contributed by atoms with Gasteiger partial charge in [0.2, 0.25) is 0 Å². The SMILES string of the molecule is CC/C=C/C=C/C=C/C=C/CCCCCCCC(=O)O[C@H](COC(=O)CCCCCCC/C=C/CCCCC)CO[C@@H]1O[C@H](CO[C@@H]2O[C@H](CO)[C@H](O)C(O)C2O)[C@H](O)C(O)C1O. The number of carbonyl (C=O) groups excluding carboxylic acids is 2. The van der Waals surface area contributed by atoms with Crippen molar-refractivity contribution in [3.8, 4) is 0 Å². The van der Waals surface area contributed by atoms with Crippen molar-refractivity contribution in [3.63, 3.8) is 0 Å². The first-order chi connectivity index (χ1) is 30.5. The van der Waals surface area contributed by atoms with E-state index in [2.05, 4.69) is 38.2 Å². The number of esters is 2. The fraction of sp³-hybridized carbons (Fsp3) is 0.750. The second-order valence-corrected chi connectivity index (χ2v) is 16.3. The molecule has 2 aliphatic rings. The van der Waals surface area contributed by atoms with Gasteiger partial charge in [-0.15, -0.1) is 0 Å². The highest BCUT2D eigenvalue weighted by atomic mass is 16.7. The summed E-state index contributed by atoms with van der Waals surface area (Å²) in [5, 5.41) is 71.9. The quantitative estimate of drug-likeness (QED) is 0.0188. The third-order valence-corrected chi connectivity index (χ3v) is 10.8. The topological polar surface area (TPSA) is 231 Å². The van der Waals surface area contributed by atoms with E-state index >= 15 is 0 Å². The summed E-state index contributed by atoms with van der Waals surface area (Å²) in [6, 6.07) is 0. The van der Waals surface area contributed by atoms with Crippen LogP contribution in [0.15, 0.2) is 60.8 Å². The number of aliphatic hydroxyl groups is 7. The van der Waals surface area contributed by atoms with Crippen LogP contribution in [0.1, 0.15) is 136 Å². The number of allylic oxidation sites excluding steroid dienone is 10. The molecule has 0 saturated carbocycles. The van der Waals surface area contributed by atoms with Gasteiger partial charge in [-0.05, 0) is 57.8 Å². The van der Waals surface area contributed by atoms with Crippen LogP contribution in [-0.4, -0.2) is 142 Å². The summed E-state index contributed by atoms with van der Waals surface area (Å²) in [6.07, 6.45) is 21.2. The fourth-order valence-corrected chi connectivity index (χ4v) is 6.93. The normalized spacial score (nSPS) is 27.4. The third-order valence-electron chi connectivity index (χ3n) is 10.8. The lowest BCUT2D eigenvalue weighted by molar-refractivity contribution is -0.332. The van der Waals surface area contributed by atoms with Gasteiger partial charge in [-0.2, -0.15) is 0 Å². The standard InChI is InChI=1S/C48H80O15/c1-3-5-7-9-11-13-15-17-18-19-21-23-25-27-29-31-40(51)61-36(33-58-39(50)30-28-26-24-22-20-16-14-12-10-8-6-4-2)34-59-47-46(57)44(55)42(53)38(63-47)35-60-48-45(56)43(54)41(52)37(32-49)62-48/h5,7,9,11-15,17-18,36-38,41-49,52-57H,3-4,6,8,10,16,19-35H2,1-2H3/b7-5+,11-9+,14-12+,15-13+,18-17+/t36-,37-,38-,41+,42+,43?,44?,45?,46?,47-,48-/m1/s1. The lowest BCUT2D eigenvalue weighted by Gasteiger charge is -2.42. The van der Waals surface area contributed by atoms with E-state index in [4.69, 9.17) is 28.4 Å². The predicted octanol–water partition coefficient (Wildman–Crippen LogP) is 5.31. The number of ether oxygens (including phenoxy) is 6. The minimum absolute atomic E-state index is 0.135. The molecule has 0 aromatic rings. The van der Waals surface area contributed by atoms with Crippen molar-refractivity contribution in [1.29, 1.82) is 0 Å². The molecule has 4 unspecified atom stereocenters. The third kappa shape index (κ3) is 24.3. The maximum Gasteiger partial charge on any atom is 0.306 e. The van der Waals surface area contributed by atoms with E-state index in [0.717, 1.165) is 77.0 Å². The number of aliphatic hydroxyl groups excluding tert-OH is 7. The second kappa shape index (κ2) is 35.5. The van der Waals surface area contributed by atoms with Crippen LogP contribution in [0, 0.1) is 0 Å². The number of rotatable bonds is 34. The molecule has 0 bridgehead atoms. The smallest absolute Gasteiger partial charge is 0.306 e. The van der Waals surface area contributed by atoms with Crippen molar-refractivity contribution in [2.45, 2.75) is 203 Å². The average Bonchev–Trinajstić information content (AvgIpc) is 3.28. The maximum absolute atomic E-state index is 12.9. The van der Waals surface area contributed by atoms with Gasteiger partial charge in [-0.3, -0.25) is 9.59 Å².